The summed E-state index contributed by atoms with van der Waals surface area (Å²) in [5, 5.41) is 0. The van der Waals surface area contributed by atoms with Gasteiger partial charge in [0.1, 0.15) is 0 Å². The summed E-state index contributed by atoms with van der Waals surface area (Å²) >= 11 is 0. The molecule has 6 aliphatic rings. The monoisotopic (exact) mass is 1020 g/mol. The summed E-state index contributed by atoms with van der Waals surface area (Å²) in [5.41, 5.74) is 28.8. The van der Waals surface area contributed by atoms with Gasteiger partial charge < -0.3 is 14.7 Å². The molecule has 2 unspecified atom stereocenters. The normalized spacial score (nSPS) is 20.1. The maximum absolute atomic E-state index is 2.76. The third-order valence-corrected chi connectivity index (χ3v) is 19.3. The third-order valence-electron chi connectivity index (χ3n) is 19.3. The van der Waals surface area contributed by atoms with Crippen molar-refractivity contribution in [3.05, 3.63) is 202 Å². The molecule has 0 saturated carbocycles. The van der Waals surface area contributed by atoms with Crippen LogP contribution in [0.2, 0.25) is 0 Å². The van der Waals surface area contributed by atoms with E-state index in [0.29, 0.717) is 0 Å². The molecule has 3 nitrogen and oxygen atoms in total. The van der Waals surface area contributed by atoms with Crippen molar-refractivity contribution in [3.63, 3.8) is 0 Å². The van der Waals surface area contributed by atoms with Gasteiger partial charge >= 0.3 is 0 Å². The Hall–Kier alpha value is -6.78. The van der Waals surface area contributed by atoms with Gasteiger partial charge in [-0.3, -0.25) is 0 Å². The van der Waals surface area contributed by atoms with E-state index in [4.69, 9.17) is 0 Å². The summed E-state index contributed by atoms with van der Waals surface area (Å²) in [4.78, 5) is 7.87. The first kappa shape index (κ1) is 50.7. The minimum atomic E-state index is -0.157. The minimum Gasteiger partial charge on any atom is -0.311 e. The zero-order valence-corrected chi connectivity index (χ0v) is 49.6. The van der Waals surface area contributed by atoms with Crippen LogP contribution in [-0.4, -0.2) is 6.71 Å². The summed E-state index contributed by atoms with van der Waals surface area (Å²) in [5.74, 6) is 0. The zero-order chi connectivity index (χ0) is 55.0. The molecule has 0 fully saturated rings. The Balaban J connectivity index is 1.19. The lowest BCUT2D eigenvalue weighted by Gasteiger charge is -2.46. The molecule has 0 N–H and O–H groups in total. The summed E-state index contributed by atoms with van der Waals surface area (Å²) in [6, 6.07) is 62.3. The van der Waals surface area contributed by atoms with E-state index in [1.165, 1.54) is 101 Å². The van der Waals surface area contributed by atoms with E-state index in [1.54, 1.807) is 5.56 Å². The van der Waals surface area contributed by atoms with E-state index in [-0.39, 0.29) is 44.6 Å². The predicted octanol–water partition coefficient (Wildman–Crippen LogP) is 18.4. The Morgan fingerprint density at radius 3 is 1.49 bits per heavy atom. The van der Waals surface area contributed by atoms with Gasteiger partial charge in [0.15, 0.2) is 0 Å². The third kappa shape index (κ3) is 7.65. The van der Waals surface area contributed by atoms with Crippen molar-refractivity contribution >= 4 is 74.3 Å². The molecular weight excluding hydrogens is 942 g/mol. The molecule has 78 heavy (non-hydrogen) atoms. The van der Waals surface area contributed by atoms with Crippen LogP contribution in [0.25, 0.3) is 11.1 Å². The summed E-state index contributed by atoms with van der Waals surface area (Å²) in [7, 11) is 0. The van der Waals surface area contributed by atoms with Crippen molar-refractivity contribution in [3.8, 4) is 11.1 Å². The molecule has 6 bridgehead atoms. The van der Waals surface area contributed by atoms with Crippen molar-refractivity contribution in [2.75, 3.05) is 14.7 Å². The Morgan fingerprint density at radius 2 is 0.910 bits per heavy atom. The quantitative estimate of drug-likeness (QED) is 0.163. The first-order valence-corrected chi connectivity index (χ1v) is 29.1. The summed E-state index contributed by atoms with van der Waals surface area (Å²) in [6.45, 7) is 38.9. The van der Waals surface area contributed by atoms with Gasteiger partial charge in [0.25, 0.3) is 6.71 Å². The smallest absolute Gasteiger partial charge is 0.252 e. The molecule has 14 rings (SSSR count). The fourth-order valence-corrected chi connectivity index (χ4v) is 15.9. The Labute approximate surface area is 467 Å². The molecule has 0 aromatic heterocycles. The molecule has 394 valence electrons. The van der Waals surface area contributed by atoms with E-state index in [2.05, 4.69) is 283 Å². The minimum absolute atomic E-state index is 0.00881. The summed E-state index contributed by atoms with van der Waals surface area (Å²) in [6.07, 6.45) is 3.35. The van der Waals surface area contributed by atoms with Gasteiger partial charge in [-0.15, -0.1) is 0 Å². The van der Waals surface area contributed by atoms with Gasteiger partial charge in [0, 0.05) is 51.1 Å². The van der Waals surface area contributed by atoms with E-state index in [9.17, 15) is 0 Å². The maximum atomic E-state index is 2.76. The molecule has 0 amide bonds. The number of benzene rings is 8. The molecule has 0 spiro atoms. The molecule has 8 aromatic rings. The highest BCUT2D eigenvalue weighted by Gasteiger charge is 2.55. The zero-order valence-electron chi connectivity index (χ0n) is 49.6. The Kier molecular flexibility index (Phi) is 10.8. The van der Waals surface area contributed by atoms with Crippen molar-refractivity contribution in [2.24, 2.45) is 0 Å². The highest BCUT2D eigenvalue weighted by atomic mass is 15.2. The standard InChI is InChI=1S/C74H80BN3/c1-46-35-48(68(2,3)4)28-32-61(46)77-63-34-30-53(76(51-23-19-17-20-24-51)52-25-21-18-22-26-52)40-59(63)75-60-41-57-58-42-64(60)78(66-39-50(70(8,9)10)38-65(77)67(66)75)62-33-29-49(69(5,6)7)37-54(62)47-27-31-55-56(36-47)71(11,12)43-73(55,15)45-74(58,16)44-72(57,13)14/h17-42H,43-45H2,1-16H3. The lowest BCUT2D eigenvalue weighted by Crippen LogP contribution is -2.61. The first-order valence-electron chi connectivity index (χ1n) is 29.1. The molecule has 0 radical (unpaired) electrons. The predicted molar refractivity (Wildman–Crippen MR) is 336 cm³/mol. The Bertz CT molecular complexity index is 3750. The molecule has 0 saturated heterocycles. The number of aryl methyl sites for hydroxylation is 1. The number of rotatable bonds is 4. The van der Waals surface area contributed by atoms with Crippen LogP contribution >= 0.6 is 0 Å². The highest BCUT2D eigenvalue weighted by molar-refractivity contribution is 7.00. The first-order chi connectivity index (χ1) is 36.7. The van der Waals surface area contributed by atoms with Crippen molar-refractivity contribution < 1.29 is 0 Å². The van der Waals surface area contributed by atoms with Crippen LogP contribution in [0, 0.1) is 6.92 Å². The van der Waals surface area contributed by atoms with Crippen LogP contribution in [0.1, 0.15) is 168 Å². The number of anilines is 9. The lowest BCUT2D eigenvalue weighted by molar-refractivity contribution is 0.254. The van der Waals surface area contributed by atoms with Crippen LogP contribution in [-0.2, 0) is 37.9 Å². The van der Waals surface area contributed by atoms with E-state index >= 15 is 0 Å². The second-order valence-corrected chi connectivity index (χ2v) is 29.4. The van der Waals surface area contributed by atoms with Crippen LogP contribution in [0.15, 0.2) is 158 Å². The summed E-state index contributed by atoms with van der Waals surface area (Å²) < 4.78 is 0. The van der Waals surface area contributed by atoms with Crippen LogP contribution in [0.3, 0.4) is 0 Å². The number of para-hydroxylation sites is 2. The second-order valence-electron chi connectivity index (χ2n) is 29.4. The lowest BCUT2D eigenvalue weighted by atomic mass is 9.33. The van der Waals surface area contributed by atoms with Crippen molar-refractivity contribution in [1.29, 1.82) is 0 Å². The van der Waals surface area contributed by atoms with E-state index in [1.807, 2.05) is 0 Å². The molecule has 2 aliphatic carbocycles. The number of nitrogens with zero attached hydrogens (tertiary/aromatic N) is 3. The van der Waals surface area contributed by atoms with Gasteiger partial charge in [-0.2, -0.15) is 0 Å². The van der Waals surface area contributed by atoms with Gasteiger partial charge in [-0.25, -0.2) is 0 Å². The topological polar surface area (TPSA) is 9.72 Å². The fraction of sp³-hybridized carbons (Fsp3) is 0.351. The van der Waals surface area contributed by atoms with E-state index in [0.717, 1.165) is 36.3 Å². The van der Waals surface area contributed by atoms with Crippen molar-refractivity contribution in [1.82, 2.24) is 0 Å². The molecule has 4 heterocycles. The molecule has 4 heteroatoms. The largest absolute Gasteiger partial charge is 0.311 e. The van der Waals surface area contributed by atoms with Gasteiger partial charge in [0.05, 0.1) is 5.69 Å². The fourth-order valence-electron chi connectivity index (χ4n) is 15.9. The van der Waals surface area contributed by atoms with Crippen molar-refractivity contribution in [2.45, 2.75) is 168 Å². The van der Waals surface area contributed by atoms with Crippen LogP contribution < -0.4 is 31.1 Å². The molecule has 2 atom stereocenters. The highest BCUT2D eigenvalue weighted by Crippen LogP contribution is 2.62. The molecule has 8 aromatic carbocycles. The van der Waals surface area contributed by atoms with E-state index < -0.39 is 0 Å². The Morgan fingerprint density at radius 1 is 0.397 bits per heavy atom. The molecule has 4 aliphatic heterocycles. The SMILES string of the molecule is Cc1cc(C(C)(C)C)ccc1N1c2ccc(N(c3ccccc3)c3ccccc3)cc2B2c3cc4c5cc3N(c3ccc(C(C)(C)C)cc3-c3ccc6c(c3)C(C)(C)CC6(C)CC5(C)CC4(C)C)c3cc(C(C)(C)C)cc1c32. The average Bonchev–Trinajstić information content (AvgIpc) is 3.88. The van der Waals surface area contributed by atoms with Gasteiger partial charge in [-0.05, 0) is 209 Å². The number of hydrogen-bond acceptors (Lipinski definition) is 3. The second kappa shape index (κ2) is 16.6. The maximum Gasteiger partial charge on any atom is 0.252 e. The van der Waals surface area contributed by atoms with Crippen LogP contribution in [0.5, 0.6) is 0 Å². The average molecular weight is 1020 g/mol. The van der Waals surface area contributed by atoms with Gasteiger partial charge in [0.2, 0.25) is 0 Å². The number of hydrogen-bond donors (Lipinski definition) is 0. The number of fused-ring (bicyclic) bond motifs is 4. The van der Waals surface area contributed by atoms with Gasteiger partial charge in [-0.1, -0.05) is 183 Å². The molecular formula is C74H80BN3. The van der Waals surface area contributed by atoms with Crippen LogP contribution in [0.4, 0.5) is 51.2 Å².